The maximum Gasteiger partial charge on any atom is 0.159 e. The summed E-state index contributed by atoms with van der Waals surface area (Å²) in [6, 6.07) is 0. The average Bonchev–Trinajstić information content (AvgIpc) is 3.01. The van der Waals surface area contributed by atoms with Crippen molar-refractivity contribution in [3.63, 3.8) is 0 Å². The van der Waals surface area contributed by atoms with E-state index in [1.165, 1.54) is 5.57 Å². The molecule has 4 aliphatic carbocycles. The number of rotatable bonds is 5. The topological polar surface area (TPSA) is 74.6 Å². The molecule has 7 atom stereocenters. The summed E-state index contributed by atoms with van der Waals surface area (Å²) in [5.74, 6) is 1.67. The standard InChI is InChI=1S/C30H48O4/c1-18(9-10-24(33)27(4,5)34)19-11-16-30(8)25-20(12-15-29(19,30)7)28(6)14-13-23(32)26(2,3)22(28)17-21(25)31/h18-19,22,24,33-34H,9-17H2,1-8H3/t18-,19-,22-,24+,28-,29-,30+/m1/s1. The Labute approximate surface area is 207 Å². The molecule has 192 valence electrons. The van der Waals surface area contributed by atoms with E-state index in [4.69, 9.17) is 0 Å². The first-order valence-electron chi connectivity index (χ1n) is 13.7. The van der Waals surface area contributed by atoms with Gasteiger partial charge in [0.05, 0.1) is 11.7 Å². The molecule has 4 rings (SSSR count). The Morgan fingerprint density at radius 2 is 1.65 bits per heavy atom. The van der Waals surface area contributed by atoms with Crippen LogP contribution in [0.5, 0.6) is 0 Å². The number of allylic oxidation sites excluding steroid dienone is 2. The molecule has 0 amide bonds. The Kier molecular flexibility index (Phi) is 6.14. The first kappa shape index (κ1) is 26.1. The first-order chi connectivity index (χ1) is 15.5. The third kappa shape index (κ3) is 3.52. The van der Waals surface area contributed by atoms with E-state index < -0.39 is 17.1 Å². The summed E-state index contributed by atoms with van der Waals surface area (Å²) in [5.41, 5.74) is 0.905. The van der Waals surface area contributed by atoms with E-state index in [2.05, 4.69) is 41.5 Å². The molecule has 2 fully saturated rings. The predicted octanol–water partition coefficient (Wildman–Crippen LogP) is 6.03. The summed E-state index contributed by atoms with van der Waals surface area (Å²) in [5, 5.41) is 20.5. The van der Waals surface area contributed by atoms with E-state index in [1.807, 2.05) is 0 Å². The Bertz CT molecular complexity index is 907. The van der Waals surface area contributed by atoms with Gasteiger partial charge in [-0.1, -0.05) is 47.1 Å². The van der Waals surface area contributed by atoms with Gasteiger partial charge in [0.25, 0.3) is 0 Å². The minimum atomic E-state index is -1.08. The number of ketones is 2. The molecule has 2 saturated carbocycles. The molecule has 0 unspecified atom stereocenters. The van der Waals surface area contributed by atoms with Gasteiger partial charge in [0, 0.05) is 29.2 Å². The minimum absolute atomic E-state index is 0.0501. The molecule has 0 aromatic carbocycles. The number of carbonyl (C=O) groups is 2. The fourth-order valence-electron chi connectivity index (χ4n) is 9.10. The van der Waals surface area contributed by atoms with Crippen LogP contribution in [0.3, 0.4) is 0 Å². The zero-order valence-electron chi connectivity index (χ0n) is 22.9. The predicted molar refractivity (Wildman–Crippen MR) is 135 cm³/mol. The monoisotopic (exact) mass is 472 g/mol. The molecular weight excluding hydrogens is 424 g/mol. The van der Waals surface area contributed by atoms with Crippen LogP contribution in [0.1, 0.15) is 113 Å². The number of Topliss-reactive ketones (excluding diaryl/α,β-unsaturated/α-hetero) is 2. The highest BCUT2D eigenvalue weighted by Crippen LogP contribution is 2.71. The SMILES string of the molecule is C[C@H](CC[C@H](O)C(C)(C)O)[C@H]1CC[C@@]2(C)C3=C(CC[C@]12C)[C@@]1(C)CCC(=O)C(C)(C)[C@H]1CC3=O. The van der Waals surface area contributed by atoms with Crippen molar-refractivity contribution >= 4 is 11.6 Å². The molecule has 4 aliphatic rings. The van der Waals surface area contributed by atoms with Gasteiger partial charge in [-0.15, -0.1) is 0 Å². The van der Waals surface area contributed by atoms with Gasteiger partial charge in [-0.05, 0) is 87.4 Å². The van der Waals surface area contributed by atoms with Gasteiger partial charge in [-0.25, -0.2) is 0 Å². The van der Waals surface area contributed by atoms with Crippen molar-refractivity contribution in [1.29, 1.82) is 0 Å². The summed E-state index contributed by atoms with van der Waals surface area (Å²) in [6.07, 6.45) is 7.01. The second-order valence-corrected chi connectivity index (χ2v) is 14.2. The normalized spacial score (nSPS) is 41.6. The highest BCUT2D eigenvalue weighted by atomic mass is 16.3. The lowest BCUT2D eigenvalue weighted by atomic mass is 9.43. The molecule has 0 aliphatic heterocycles. The minimum Gasteiger partial charge on any atom is -0.390 e. The van der Waals surface area contributed by atoms with E-state index in [0.717, 1.165) is 44.1 Å². The second kappa shape index (κ2) is 8.00. The third-order valence-corrected chi connectivity index (χ3v) is 11.8. The number of hydrogen-bond acceptors (Lipinski definition) is 4. The van der Waals surface area contributed by atoms with E-state index in [0.29, 0.717) is 42.7 Å². The molecule has 0 spiro atoms. The van der Waals surface area contributed by atoms with Crippen molar-refractivity contribution in [1.82, 2.24) is 0 Å². The van der Waals surface area contributed by atoms with Crippen LogP contribution in [0.2, 0.25) is 0 Å². The van der Waals surface area contributed by atoms with E-state index in [1.54, 1.807) is 13.8 Å². The van der Waals surface area contributed by atoms with Crippen LogP contribution in [0, 0.1) is 39.4 Å². The average molecular weight is 473 g/mol. The van der Waals surface area contributed by atoms with Crippen LogP contribution in [-0.4, -0.2) is 33.5 Å². The molecule has 0 aromatic rings. The molecule has 0 bridgehead atoms. The van der Waals surface area contributed by atoms with Crippen molar-refractivity contribution in [3.05, 3.63) is 11.1 Å². The van der Waals surface area contributed by atoms with E-state index in [9.17, 15) is 19.8 Å². The highest BCUT2D eigenvalue weighted by Gasteiger charge is 2.65. The summed E-state index contributed by atoms with van der Waals surface area (Å²) >= 11 is 0. The van der Waals surface area contributed by atoms with Crippen LogP contribution in [0.4, 0.5) is 0 Å². The highest BCUT2D eigenvalue weighted by molar-refractivity contribution is 6.00. The summed E-state index contributed by atoms with van der Waals surface area (Å²) < 4.78 is 0. The van der Waals surface area contributed by atoms with Gasteiger partial charge in [0.1, 0.15) is 5.78 Å². The smallest absolute Gasteiger partial charge is 0.159 e. The molecular formula is C30H48O4. The quantitative estimate of drug-likeness (QED) is 0.512. The maximum absolute atomic E-state index is 13.9. The third-order valence-electron chi connectivity index (χ3n) is 11.8. The van der Waals surface area contributed by atoms with Gasteiger partial charge < -0.3 is 10.2 Å². The van der Waals surface area contributed by atoms with Crippen molar-refractivity contribution in [3.8, 4) is 0 Å². The number of fused-ring (bicyclic) bond motifs is 4. The molecule has 0 heterocycles. The molecule has 4 heteroatoms. The molecule has 0 saturated heterocycles. The van der Waals surface area contributed by atoms with Crippen LogP contribution >= 0.6 is 0 Å². The lowest BCUT2D eigenvalue weighted by molar-refractivity contribution is -0.142. The maximum atomic E-state index is 13.9. The van der Waals surface area contributed by atoms with E-state index in [-0.39, 0.29) is 22.2 Å². The number of aliphatic hydroxyl groups is 2. The first-order valence-corrected chi connectivity index (χ1v) is 13.7. The van der Waals surface area contributed by atoms with Crippen LogP contribution in [0.15, 0.2) is 11.1 Å². The lowest BCUT2D eigenvalue weighted by Gasteiger charge is -2.60. The van der Waals surface area contributed by atoms with Crippen LogP contribution in [0.25, 0.3) is 0 Å². The van der Waals surface area contributed by atoms with Gasteiger partial charge in [0.2, 0.25) is 0 Å². The molecule has 0 aromatic heterocycles. The van der Waals surface area contributed by atoms with Gasteiger partial charge in [-0.2, -0.15) is 0 Å². The number of carbonyl (C=O) groups excluding carboxylic acids is 2. The van der Waals surface area contributed by atoms with Crippen LogP contribution < -0.4 is 0 Å². The van der Waals surface area contributed by atoms with Crippen molar-refractivity contribution in [2.75, 3.05) is 0 Å². The van der Waals surface area contributed by atoms with Crippen molar-refractivity contribution in [2.45, 2.75) is 125 Å². The van der Waals surface area contributed by atoms with Crippen LogP contribution in [-0.2, 0) is 9.59 Å². The fourth-order valence-corrected chi connectivity index (χ4v) is 9.10. The fraction of sp³-hybridized carbons (Fsp3) is 0.867. The summed E-state index contributed by atoms with van der Waals surface area (Å²) in [6.45, 7) is 16.9. The largest absolute Gasteiger partial charge is 0.390 e. The van der Waals surface area contributed by atoms with Gasteiger partial charge >= 0.3 is 0 Å². The molecule has 34 heavy (non-hydrogen) atoms. The second-order valence-electron chi connectivity index (χ2n) is 14.2. The van der Waals surface area contributed by atoms with Gasteiger partial charge in [-0.3, -0.25) is 9.59 Å². The van der Waals surface area contributed by atoms with Crippen molar-refractivity contribution < 1.29 is 19.8 Å². The molecule has 2 N–H and O–H groups in total. The Morgan fingerprint density at radius 3 is 2.26 bits per heavy atom. The lowest BCUT2D eigenvalue weighted by Crippen LogP contribution is -2.56. The Morgan fingerprint density at radius 1 is 1.00 bits per heavy atom. The van der Waals surface area contributed by atoms with Crippen molar-refractivity contribution in [2.24, 2.45) is 39.4 Å². The number of aliphatic hydroxyl groups excluding tert-OH is 1. The molecule has 0 radical (unpaired) electrons. The molecule has 4 nitrogen and oxygen atoms in total. The summed E-state index contributed by atoms with van der Waals surface area (Å²) in [4.78, 5) is 26.7. The van der Waals surface area contributed by atoms with Gasteiger partial charge in [0.15, 0.2) is 5.78 Å². The number of hydrogen-bond donors (Lipinski definition) is 2. The zero-order valence-corrected chi connectivity index (χ0v) is 22.9. The zero-order chi connectivity index (χ0) is 25.5. The summed E-state index contributed by atoms with van der Waals surface area (Å²) in [7, 11) is 0. The van der Waals surface area contributed by atoms with E-state index >= 15 is 0 Å². The Hall–Kier alpha value is -1.00. The Balaban J connectivity index is 1.66.